The van der Waals surface area contributed by atoms with Crippen LogP contribution in [0.4, 0.5) is 0 Å². The second-order valence-electron chi connectivity index (χ2n) is 7.18. The molecule has 180 valence electrons. The Hall–Kier alpha value is -4.00. The molecule has 3 amide bonds. The van der Waals surface area contributed by atoms with E-state index in [0.29, 0.717) is 0 Å². The topological polar surface area (TPSA) is 225 Å². The Balaban J connectivity index is 2.92. The second kappa shape index (κ2) is 12.8. The highest BCUT2D eigenvalue weighted by Crippen LogP contribution is 2.04. The van der Waals surface area contributed by atoms with Gasteiger partial charge < -0.3 is 37.0 Å². The highest BCUT2D eigenvalue weighted by atomic mass is 16.4. The number of nitrogens with two attached hydrogens (primary N) is 1. The van der Waals surface area contributed by atoms with E-state index in [9.17, 15) is 28.8 Å². The first kappa shape index (κ1) is 27.0. The largest absolute Gasteiger partial charge is 0.481 e. The van der Waals surface area contributed by atoms with Crippen LogP contribution in [0.2, 0.25) is 0 Å². The van der Waals surface area contributed by atoms with Crippen molar-refractivity contribution in [2.75, 3.05) is 0 Å². The molecular weight excluding hydrogens is 440 g/mol. The van der Waals surface area contributed by atoms with E-state index in [-0.39, 0.29) is 6.42 Å². The highest BCUT2D eigenvalue weighted by Gasteiger charge is 2.31. The predicted molar refractivity (Wildman–Crippen MR) is 112 cm³/mol. The zero-order chi connectivity index (χ0) is 25.1. The van der Waals surface area contributed by atoms with Crippen molar-refractivity contribution in [3.05, 3.63) is 35.9 Å². The summed E-state index contributed by atoms with van der Waals surface area (Å²) in [5.41, 5.74) is 6.57. The minimum Gasteiger partial charge on any atom is -0.481 e. The summed E-state index contributed by atoms with van der Waals surface area (Å²) in [6, 6.07) is 2.80. The van der Waals surface area contributed by atoms with Crippen LogP contribution in [0.5, 0.6) is 0 Å². The number of carboxylic acid groups (broad SMARTS) is 3. The first-order chi connectivity index (χ1) is 15.4. The van der Waals surface area contributed by atoms with Crippen molar-refractivity contribution in [1.29, 1.82) is 0 Å². The first-order valence-corrected chi connectivity index (χ1v) is 9.77. The molecule has 0 aliphatic heterocycles. The van der Waals surface area contributed by atoms with Gasteiger partial charge in [0, 0.05) is 0 Å². The Morgan fingerprint density at radius 3 is 1.70 bits per heavy atom. The molecule has 0 aliphatic carbocycles. The van der Waals surface area contributed by atoms with Crippen LogP contribution in [0.3, 0.4) is 0 Å². The third-order valence-corrected chi connectivity index (χ3v) is 4.39. The van der Waals surface area contributed by atoms with Crippen molar-refractivity contribution >= 4 is 35.6 Å². The summed E-state index contributed by atoms with van der Waals surface area (Å²) in [6.45, 7) is 1.13. The smallest absolute Gasteiger partial charge is 0.325 e. The Bertz CT molecular complexity index is 891. The van der Waals surface area contributed by atoms with Crippen LogP contribution < -0.4 is 21.7 Å². The third-order valence-electron chi connectivity index (χ3n) is 4.39. The van der Waals surface area contributed by atoms with Crippen LogP contribution >= 0.6 is 0 Å². The molecule has 4 atom stereocenters. The van der Waals surface area contributed by atoms with Crippen LogP contribution in [0, 0.1) is 0 Å². The van der Waals surface area contributed by atoms with Gasteiger partial charge in [-0.3, -0.25) is 28.8 Å². The van der Waals surface area contributed by atoms with Crippen molar-refractivity contribution < 1.29 is 44.1 Å². The number of rotatable bonds is 13. The van der Waals surface area contributed by atoms with Crippen molar-refractivity contribution in [1.82, 2.24) is 16.0 Å². The summed E-state index contributed by atoms with van der Waals surface area (Å²) in [5.74, 6) is -7.43. The molecule has 0 aliphatic rings. The van der Waals surface area contributed by atoms with Crippen molar-refractivity contribution in [2.24, 2.45) is 5.73 Å². The standard InChI is InChI=1S/C20H26N4O9/c1-10(20(32)33)22-18(30)13(8-15(25)26)24-19(31)14(9-16(27)28)23-17(29)12(21)7-11-5-3-2-4-6-11/h2-6,10,12-14H,7-9,21H2,1H3,(H,22,30)(H,23,29)(H,24,31)(H,25,26)(H,27,28)(H,32,33). The van der Waals surface area contributed by atoms with E-state index in [1.165, 1.54) is 0 Å². The second-order valence-corrected chi connectivity index (χ2v) is 7.18. The molecule has 13 heteroatoms. The summed E-state index contributed by atoms with van der Waals surface area (Å²) in [4.78, 5) is 70.4. The maximum Gasteiger partial charge on any atom is 0.325 e. The van der Waals surface area contributed by atoms with Gasteiger partial charge in [-0.05, 0) is 18.9 Å². The fraction of sp³-hybridized carbons (Fsp3) is 0.400. The molecule has 33 heavy (non-hydrogen) atoms. The van der Waals surface area contributed by atoms with Crippen LogP contribution in [0.15, 0.2) is 30.3 Å². The normalized spacial score (nSPS) is 14.1. The lowest BCUT2D eigenvalue weighted by atomic mass is 10.0. The SMILES string of the molecule is CC(NC(=O)C(CC(=O)O)NC(=O)C(CC(=O)O)NC(=O)C(N)Cc1ccccc1)C(=O)O. The molecule has 13 nitrogen and oxygen atoms in total. The Morgan fingerprint density at radius 1 is 0.788 bits per heavy atom. The van der Waals surface area contributed by atoms with E-state index in [1.54, 1.807) is 30.3 Å². The molecule has 4 unspecified atom stereocenters. The van der Waals surface area contributed by atoms with Crippen LogP contribution in [0.25, 0.3) is 0 Å². The van der Waals surface area contributed by atoms with E-state index in [4.69, 9.17) is 21.1 Å². The number of nitrogens with one attached hydrogen (secondary N) is 3. The summed E-state index contributed by atoms with van der Waals surface area (Å²) in [5, 5.41) is 33.2. The molecule has 0 spiro atoms. The molecule has 1 aromatic rings. The molecule has 8 N–H and O–H groups in total. The Kier molecular flexibility index (Phi) is 10.5. The molecule has 0 bridgehead atoms. The van der Waals surface area contributed by atoms with Crippen molar-refractivity contribution in [3.8, 4) is 0 Å². The molecule has 0 aromatic heterocycles. The van der Waals surface area contributed by atoms with Gasteiger partial charge in [-0.15, -0.1) is 0 Å². The van der Waals surface area contributed by atoms with Crippen molar-refractivity contribution in [3.63, 3.8) is 0 Å². The number of hydrogen-bond acceptors (Lipinski definition) is 7. The highest BCUT2D eigenvalue weighted by molar-refractivity contribution is 5.96. The first-order valence-electron chi connectivity index (χ1n) is 9.77. The molecule has 0 heterocycles. The third kappa shape index (κ3) is 9.78. The molecule has 0 saturated heterocycles. The monoisotopic (exact) mass is 466 g/mol. The number of carboxylic acids is 3. The fourth-order valence-electron chi connectivity index (χ4n) is 2.66. The van der Waals surface area contributed by atoms with Crippen LogP contribution in [-0.2, 0) is 35.2 Å². The molecule has 1 rings (SSSR count). The number of amides is 3. The van der Waals surface area contributed by atoms with Crippen LogP contribution in [-0.4, -0.2) is 75.1 Å². The lowest BCUT2D eigenvalue weighted by Gasteiger charge is -2.23. The van der Waals surface area contributed by atoms with E-state index in [1.807, 2.05) is 10.6 Å². The predicted octanol–water partition coefficient (Wildman–Crippen LogP) is -1.94. The van der Waals surface area contributed by atoms with Gasteiger partial charge in [0.15, 0.2) is 0 Å². The van der Waals surface area contributed by atoms with Gasteiger partial charge in [-0.2, -0.15) is 0 Å². The quantitative estimate of drug-likeness (QED) is 0.170. The number of carbonyl (C=O) groups excluding carboxylic acids is 3. The van der Waals surface area contributed by atoms with E-state index in [0.717, 1.165) is 12.5 Å². The zero-order valence-electron chi connectivity index (χ0n) is 17.7. The van der Waals surface area contributed by atoms with E-state index in [2.05, 4.69) is 5.32 Å². The number of aliphatic carboxylic acids is 3. The van der Waals surface area contributed by atoms with Gasteiger partial charge in [-0.25, -0.2) is 0 Å². The molecular formula is C20H26N4O9. The molecule has 0 fully saturated rings. The summed E-state index contributed by atoms with van der Waals surface area (Å²) in [7, 11) is 0. The van der Waals surface area contributed by atoms with Gasteiger partial charge in [-0.1, -0.05) is 30.3 Å². The molecule has 0 saturated carbocycles. The van der Waals surface area contributed by atoms with E-state index < -0.39 is 72.6 Å². The van der Waals surface area contributed by atoms with Crippen LogP contribution in [0.1, 0.15) is 25.3 Å². The summed E-state index contributed by atoms with van der Waals surface area (Å²) in [6.07, 6.45) is -1.68. The van der Waals surface area contributed by atoms with Gasteiger partial charge >= 0.3 is 17.9 Å². The Morgan fingerprint density at radius 2 is 1.24 bits per heavy atom. The average molecular weight is 466 g/mol. The summed E-state index contributed by atoms with van der Waals surface area (Å²) < 4.78 is 0. The average Bonchev–Trinajstić information content (AvgIpc) is 2.72. The minimum atomic E-state index is -1.72. The minimum absolute atomic E-state index is 0.102. The van der Waals surface area contributed by atoms with E-state index >= 15 is 0 Å². The molecule has 1 aromatic carbocycles. The zero-order valence-corrected chi connectivity index (χ0v) is 17.7. The number of hydrogen-bond donors (Lipinski definition) is 7. The maximum atomic E-state index is 12.6. The fourth-order valence-corrected chi connectivity index (χ4v) is 2.66. The number of carbonyl (C=O) groups is 6. The maximum absolute atomic E-state index is 12.6. The Labute approximate surface area is 188 Å². The van der Waals surface area contributed by atoms with Gasteiger partial charge in [0.1, 0.15) is 18.1 Å². The van der Waals surface area contributed by atoms with Crippen molar-refractivity contribution in [2.45, 2.75) is 50.4 Å². The summed E-state index contributed by atoms with van der Waals surface area (Å²) >= 11 is 0. The number of benzene rings is 1. The van der Waals surface area contributed by atoms with Gasteiger partial charge in [0.2, 0.25) is 17.7 Å². The lowest BCUT2D eigenvalue weighted by Crippen LogP contribution is -2.57. The molecule has 0 radical (unpaired) electrons. The van der Waals surface area contributed by atoms with Gasteiger partial charge in [0.25, 0.3) is 0 Å². The lowest BCUT2D eigenvalue weighted by molar-refractivity contribution is -0.144. The van der Waals surface area contributed by atoms with Gasteiger partial charge in [0.05, 0.1) is 18.9 Å².